The van der Waals surface area contributed by atoms with Crippen molar-refractivity contribution in [2.75, 3.05) is 0 Å². The molecule has 0 aliphatic carbocycles. The van der Waals surface area contributed by atoms with Gasteiger partial charge in [-0.25, -0.2) is 4.68 Å². The van der Waals surface area contributed by atoms with E-state index in [2.05, 4.69) is 10.3 Å². The second-order valence-electron chi connectivity index (χ2n) is 2.99. The quantitative estimate of drug-likeness (QED) is 0.831. The molecule has 0 amide bonds. The van der Waals surface area contributed by atoms with E-state index in [1.165, 1.54) is 6.20 Å². The van der Waals surface area contributed by atoms with Crippen molar-refractivity contribution in [1.82, 2.24) is 15.0 Å². The predicted molar refractivity (Wildman–Crippen MR) is 60.6 cm³/mol. The Kier molecular flexibility index (Phi) is 3.14. The lowest BCUT2D eigenvalue weighted by Crippen LogP contribution is -2.02. The Balaban J connectivity index is 2.28. The van der Waals surface area contributed by atoms with E-state index >= 15 is 0 Å². The summed E-state index contributed by atoms with van der Waals surface area (Å²) in [5.74, 6) is 0. The molecule has 0 spiro atoms. The van der Waals surface area contributed by atoms with Crippen LogP contribution in [0.1, 0.15) is 5.56 Å². The average molecular weight is 263 g/mol. The van der Waals surface area contributed by atoms with Crippen molar-refractivity contribution in [1.29, 1.82) is 0 Å². The SMILES string of the molecule is Clc1cc(Cl)cc(Cn2nncc2Cl)c1. The van der Waals surface area contributed by atoms with Crippen LogP contribution < -0.4 is 0 Å². The molecule has 0 N–H and O–H groups in total. The summed E-state index contributed by atoms with van der Waals surface area (Å²) in [6.07, 6.45) is 1.48. The number of rotatable bonds is 2. The third-order valence-electron chi connectivity index (χ3n) is 1.83. The van der Waals surface area contributed by atoms with Gasteiger partial charge in [0.2, 0.25) is 0 Å². The first-order chi connectivity index (χ1) is 7.15. The van der Waals surface area contributed by atoms with E-state index in [4.69, 9.17) is 34.8 Å². The van der Waals surface area contributed by atoms with E-state index < -0.39 is 0 Å². The molecule has 0 saturated heterocycles. The second kappa shape index (κ2) is 4.39. The van der Waals surface area contributed by atoms with Gasteiger partial charge in [-0.2, -0.15) is 0 Å². The molecule has 1 aromatic heterocycles. The standard InChI is InChI=1S/C9H6Cl3N3/c10-7-1-6(2-8(11)3-7)5-15-9(12)4-13-14-15/h1-4H,5H2. The molecule has 15 heavy (non-hydrogen) atoms. The smallest absolute Gasteiger partial charge is 0.147 e. The summed E-state index contributed by atoms with van der Waals surface area (Å²) in [5.41, 5.74) is 0.930. The zero-order valence-electron chi connectivity index (χ0n) is 7.49. The van der Waals surface area contributed by atoms with Crippen LogP contribution in [0.5, 0.6) is 0 Å². The molecule has 1 heterocycles. The molecule has 1 aromatic carbocycles. The minimum absolute atomic E-state index is 0.478. The van der Waals surface area contributed by atoms with Crippen LogP contribution in [0, 0.1) is 0 Å². The summed E-state index contributed by atoms with van der Waals surface area (Å²) in [6, 6.07) is 5.30. The van der Waals surface area contributed by atoms with Crippen LogP contribution in [0.2, 0.25) is 15.2 Å². The van der Waals surface area contributed by atoms with Crippen molar-refractivity contribution in [3.05, 3.63) is 45.2 Å². The molecule has 0 fully saturated rings. The normalized spacial score (nSPS) is 10.6. The van der Waals surface area contributed by atoms with Gasteiger partial charge in [-0.1, -0.05) is 40.0 Å². The zero-order valence-corrected chi connectivity index (χ0v) is 9.76. The third kappa shape index (κ3) is 2.62. The lowest BCUT2D eigenvalue weighted by molar-refractivity contribution is 0.650. The van der Waals surface area contributed by atoms with Gasteiger partial charge in [0.05, 0.1) is 12.7 Å². The Bertz CT molecular complexity index is 461. The Labute approximate surface area is 102 Å². The Morgan fingerprint density at radius 1 is 1.07 bits per heavy atom. The van der Waals surface area contributed by atoms with Gasteiger partial charge >= 0.3 is 0 Å². The van der Waals surface area contributed by atoms with E-state index in [0.29, 0.717) is 21.7 Å². The van der Waals surface area contributed by atoms with Gasteiger partial charge in [-0.3, -0.25) is 0 Å². The van der Waals surface area contributed by atoms with Gasteiger partial charge in [0.25, 0.3) is 0 Å². The van der Waals surface area contributed by atoms with Crippen LogP contribution in [-0.2, 0) is 6.54 Å². The molecule has 3 nitrogen and oxygen atoms in total. The highest BCUT2D eigenvalue weighted by atomic mass is 35.5. The minimum atomic E-state index is 0.478. The van der Waals surface area contributed by atoms with Crippen molar-refractivity contribution in [2.45, 2.75) is 6.54 Å². The highest BCUT2D eigenvalue weighted by Gasteiger charge is 2.03. The zero-order chi connectivity index (χ0) is 10.8. The lowest BCUT2D eigenvalue weighted by atomic mass is 10.2. The predicted octanol–water partition coefficient (Wildman–Crippen LogP) is 3.29. The van der Waals surface area contributed by atoms with Crippen LogP contribution >= 0.6 is 34.8 Å². The van der Waals surface area contributed by atoms with Gasteiger partial charge in [0, 0.05) is 10.0 Å². The van der Waals surface area contributed by atoms with Gasteiger partial charge in [0.15, 0.2) is 0 Å². The molecule has 0 saturated carbocycles. The molecule has 2 rings (SSSR count). The summed E-state index contributed by atoms with van der Waals surface area (Å²) in [7, 11) is 0. The number of nitrogens with zero attached hydrogens (tertiary/aromatic N) is 3. The van der Waals surface area contributed by atoms with Gasteiger partial charge < -0.3 is 0 Å². The van der Waals surface area contributed by atoms with Crippen molar-refractivity contribution in [3.8, 4) is 0 Å². The van der Waals surface area contributed by atoms with Crippen LogP contribution in [-0.4, -0.2) is 15.0 Å². The van der Waals surface area contributed by atoms with E-state index in [0.717, 1.165) is 5.56 Å². The topological polar surface area (TPSA) is 30.7 Å². The number of hydrogen-bond donors (Lipinski definition) is 0. The molecule has 0 bridgehead atoms. The summed E-state index contributed by atoms with van der Waals surface area (Å²) >= 11 is 17.6. The first kappa shape index (κ1) is 10.7. The summed E-state index contributed by atoms with van der Waals surface area (Å²) in [4.78, 5) is 0. The highest BCUT2D eigenvalue weighted by molar-refractivity contribution is 6.34. The van der Waals surface area contributed by atoms with E-state index in [-0.39, 0.29) is 0 Å². The maximum absolute atomic E-state index is 5.87. The first-order valence-corrected chi connectivity index (χ1v) is 5.27. The molecule has 78 valence electrons. The molecule has 0 aliphatic heterocycles. The Morgan fingerprint density at radius 2 is 1.73 bits per heavy atom. The first-order valence-electron chi connectivity index (χ1n) is 4.14. The molecule has 0 atom stereocenters. The fraction of sp³-hybridized carbons (Fsp3) is 0.111. The maximum Gasteiger partial charge on any atom is 0.147 e. The van der Waals surface area contributed by atoms with E-state index in [9.17, 15) is 0 Å². The van der Waals surface area contributed by atoms with Gasteiger partial charge in [0.1, 0.15) is 5.15 Å². The molecular weight excluding hydrogens is 256 g/mol. The number of hydrogen-bond acceptors (Lipinski definition) is 2. The fourth-order valence-electron chi connectivity index (χ4n) is 1.23. The number of halogens is 3. The van der Waals surface area contributed by atoms with Gasteiger partial charge in [-0.15, -0.1) is 5.10 Å². The molecular formula is C9H6Cl3N3. The summed E-state index contributed by atoms with van der Waals surface area (Å²) < 4.78 is 1.56. The second-order valence-corrected chi connectivity index (χ2v) is 4.25. The largest absolute Gasteiger partial charge is 0.229 e. The van der Waals surface area contributed by atoms with Crippen LogP contribution in [0.3, 0.4) is 0 Å². The molecule has 0 aliphatic rings. The molecule has 2 aromatic rings. The number of aromatic nitrogens is 3. The van der Waals surface area contributed by atoms with Crippen LogP contribution in [0.4, 0.5) is 0 Å². The van der Waals surface area contributed by atoms with E-state index in [1.807, 2.05) is 12.1 Å². The van der Waals surface area contributed by atoms with E-state index in [1.54, 1.807) is 10.7 Å². The van der Waals surface area contributed by atoms with Crippen molar-refractivity contribution in [3.63, 3.8) is 0 Å². The minimum Gasteiger partial charge on any atom is -0.229 e. The fourth-order valence-corrected chi connectivity index (χ4v) is 1.94. The monoisotopic (exact) mass is 261 g/mol. The van der Waals surface area contributed by atoms with Crippen molar-refractivity contribution in [2.24, 2.45) is 0 Å². The molecule has 6 heteroatoms. The van der Waals surface area contributed by atoms with Crippen molar-refractivity contribution < 1.29 is 0 Å². The summed E-state index contributed by atoms with van der Waals surface area (Å²) in [6.45, 7) is 0.499. The highest BCUT2D eigenvalue weighted by Crippen LogP contribution is 2.20. The Hall–Kier alpha value is -0.770. The molecule has 0 unspecified atom stereocenters. The van der Waals surface area contributed by atoms with Gasteiger partial charge in [-0.05, 0) is 23.8 Å². The lowest BCUT2D eigenvalue weighted by Gasteiger charge is -2.03. The maximum atomic E-state index is 5.87. The van der Waals surface area contributed by atoms with Crippen LogP contribution in [0.15, 0.2) is 24.4 Å². The third-order valence-corrected chi connectivity index (χ3v) is 2.55. The van der Waals surface area contributed by atoms with Crippen LogP contribution in [0.25, 0.3) is 0 Å². The average Bonchev–Trinajstić information content (AvgIpc) is 2.50. The van der Waals surface area contributed by atoms with Crippen molar-refractivity contribution >= 4 is 34.8 Å². The Morgan fingerprint density at radius 3 is 2.27 bits per heavy atom. The molecule has 0 radical (unpaired) electrons. The number of benzene rings is 1. The summed E-state index contributed by atoms with van der Waals surface area (Å²) in [5, 5.41) is 9.16.